The van der Waals surface area contributed by atoms with Crippen molar-refractivity contribution in [1.29, 1.82) is 0 Å². The SMILES string of the molecule is COCCC1(CNS(=O)(=O)c2ccc(O)cc2)CC1. The number of phenolic OH excluding ortho intramolecular Hbond substituents is 1. The highest BCUT2D eigenvalue weighted by Gasteiger charge is 2.42. The Morgan fingerprint density at radius 1 is 1.32 bits per heavy atom. The van der Waals surface area contributed by atoms with Crippen molar-refractivity contribution >= 4 is 10.0 Å². The highest BCUT2D eigenvalue weighted by atomic mass is 32.2. The van der Waals surface area contributed by atoms with E-state index in [9.17, 15) is 8.42 Å². The minimum atomic E-state index is -3.50. The predicted octanol–water partition coefficient (Wildman–Crippen LogP) is 1.49. The van der Waals surface area contributed by atoms with Crippen LogP contribution in [0.2, 0.25) is 0 Å². The van der Waals surface area contributed by atoms with Crippen LogP contribution in [0.1, 0.15) is 19.3 Å². The molecule has 1 aromatic rings. The summed E-state index contributed by atoms with van der Waals surface area (Å²) < 4.78 is 31.8. The zero-order valence-corrected chi connectivity index (χ0v) is 11.7. The van der Waals surface area contributed by atoms with E-state index >= 15 is 0 Å². The fourth-order valence-electron chi connectivity index (χ4n) is 1.97. The number of benzene rings is 1. The number of methoxy groups -OCH3 is 1. The van der Waals surface area contributed by atoms with E-state index in [1.54, 1.807) is 7.11 Å². The van der Waals surface area contributed by atoms with E-state index in [0.717, 1.165) is 19.3 Å². The van der Waals surface area contributed by atoms with Crippen molar-refractivity contribution < 1.29 is 18.3 Å². The molecule has 1 fully saturated rings. The number of hydrogen-bond donors (Lipinski definition) is 2. The van der Waals surface area contributed by atoms with Crippen LogP contribution in [0.5, 0.6) is 5.75 Å². The summed E-state index contributed by atoms with van der Waals surface area (Å²) in [5.41, 5.74) is 0.0694. The van der Waals surface area contributed by atoms with Crippen LogP contribution in [0.15, 0.2) is 29.2 Å². The van der Waals surface area contributed by atoms with E-state index < -0.39 is 10.0 Å². The molecular weight excluding hydrogens is 266 g/mol. The van der Waals surface area contributed by atoms with Gasteiger partial charge in [-0.25, -0.2) is 13.1 Å². The Kier molecular flexibility index (Phi) is 4.13. The molecule has 0 atom stereocenters. The van der Waals surface area contributed by atoms with Crippen molar-refractivity contribution in [3.8, 4) is 5.75 Å². The minimum Gasteiger partial charge on any atom is -0.508 e. The molecule has 2 rings (SSSR count). The fraction of sp³-hybridized carbons (Fsp3) is 0.538. The number of aromatic hydroxyl groups is 1. The molecule has 0 spiro atoms. The molecule has 5 nitrogen and oxygen atoms in total. The van der Waals surface area contributed by atoms with Crippen molar-refractivity contribution in [2.75, 3.05) is 20.3 Å². The Morgan fingerprint density at radius 2 is 1.95 bits per heavy atom. The average molecular weight is 285 g/mol. The first kappa shape index (κ1) is 14.3. The summed E-state index contributed by atoms with van der Waals surface area (Å²) in [6, 6.07) is 5.53. The van der Waals surface area contributed by atoms with Gasteiger partial charge >= 0.3 is 0 Å². The Balaban J connectivity index is 1.96. The summed E-state index contributed by atoms with van der Waals surface area (Å²) in [5.74, 6) is 0.0534. The second-order valence-corrected chi connectivity index (χ2v) is 6.83. The third-order valence-electron chi connectivity index (χ3n) is 3.58. The fourth-order valence-corrected chi connectivity index (χ4v) is 3.12. The maximum absolute atomic E-state index is 12.1. The molecule has 6 heteroatoms. The molecule has 0 saturated heterocycles. The number of ether oxygens (including phenoxy) is 1. The molecule has 0 aromatic heterocycles. The van der Waals surface area contributed by atoms with E-state index in [1.165, 1.54) is 24.3 Å². The van der Waals surface area contributed by atoms with Gasteiger partial charge in [-0.15, -0.1) is 0 Å². The van der Waals surface area contributed by atoms with Gasteiger partial charge in [0.2, 0.25) is 10.0 Å². The van der Waals surface area contributed by atoms with Gasteiger partial charge in [0.1, 0.15) is 5.75 Å². The molecule has 0 amide bonds. The van der Waals surface area contributed by atoms with E-state index in [-0.39, 0.29) is 16.1 Å². The molecule has 106 valence electrons. The molecule has 0 radical (unpaired) electrons. The molecule has 1 aromatic carbocycles. The third-order valence-corrected chi connectivity index (χ3v) is 4.99. The Morgan fingerprint density at radius 3 is 2.47 bits per heavy atom. The van der Waals surface area contributed by atoms with Crippen LogP contribution in [0.3, 0.4) is 0 Å². The van der Waals surface area contributed by atoms with Crippen LogP contribution < -0.4 is 4.72 Å². The van der Waals surface area contributed by atoms with Crippen LogP contribution in [0.25, 0.3) is 0 Å². The van der Waals surface area contributed by atoms with Gasteiger partial charge in [-0.3, -0.25) is 0 Å². The van der Waals surface area contributed by atoms with E-state index in [1.807, 2.05) is 0 Å². The Labute approximate surface area is 113 Å². The average Bonchev–Trinajstić information content (AvgIpc) is 3.16. The van der Waals surface area contributed by atoms with Gasteiger partial charge in [-0.1, -0.05) is 0 Å². The highest BCUT2D eigenvalue weighted by molar-refractivity contribution is 7.89. The van der Waals surface area contributed by atoms with E-state index in [2.05, 4.69) is 4.72 Å². The van der Waals surface area contributed by atoms with Crippen molar-refractivity contribution in [3.63, 3.8) is 0 Å². The third kappa shape index (κ3) is 3.68. The van der Waals surface area contributed by atoms with Crippen molar-refractivity contribution in [2.45, 2.75) is 24.2 Å². The molecule has 0 bridgehead atoms. The smallest absolute Gasteiger partial charge is 0.240 e. The van der Waals surface area contributed by atoms with Crippen LogP contribution in [0.4, 0.5) is 0 Å². The van der Waals surface area contributed by atoms with Crippen molar-refractivity contribution in [1.82, 2.24) is 4.72 Å². The first-order valence-corrected chi connectivity index (χ1v) is 7.73. The van der Waals surface area contributed by atoms with Crippen LogP contribution >= 0.6 is 0 Å². The molecule has 0 heterocycles. The highest BCUT2D eigenvalue weighted by Crippen LogP contribution is 2.48. The quantitative estimate of drug-likeness (QED) is 0.796. The van der Waals surface area contributed by atoms with Gasteiger partial charge < -0.3 is 9.84 Å². The number of nitrogens with one attached hydrogen (secondary N) is 1. The number of phenols is 1. The van der Waals surface area contributed by atoms with E-state index in [4.69, 9.17) is 9.84 Å². The molecule has 1 saturated carbocycles. The lowest BCUT2D eigenvalue weighted by molar-refractivity contribution is 0.173. The van der Waals surface area contributed by atoms with Gasteiger partial charge in [-0.2, -0.15) is 0 Å². The normalized spacial score (nSPS) is 17.3. The molecule has 1 aliphatic rings. The molecule has 2 N–H and O–H groups in total. The van der Waals surface area contributed by atoms with Gasteiger partial charge in [0, 0.05) is 20.3 Å². The standard InChI is InChI=1S/C13H19NO4S/c1-18-9-8-13(6-7-13)10-14-19(16,17)12-4-2-11(15)3-5-12/h2-5,14-15H,6-10H2,1H3. The lowest BCUT2D eigenvalue weighted by Gasteiger charge is -2.15. The maximum atomic E-state index is 12.1. The lowest BCUT2D eigenvalue weighted by Crippen LogP contribution is -2.30. The molecule has 0 aliphatic heterocycles. The number of rotatable bonds is 7. The van der Waals surface area contributed by atoms with Crippen molar-refractivity contribution in [2.24, 2.45) is 5.41 Å². The summed E-state index contributed by atoms with van der Waals surface area (Å²) >= 11 is 0. The Bertz CT molecular complexity index is 520. The predicted molar refractivity (Wildman–Crippen MR) is 71.5 cm³/mol. The number of hydrogen-bond acceptors (Lipinski definition) is 4. The largest absolute Gasteiger partial charge is 0.508 e. The minimum absolute atomic E-state index is 0.0534. The summed E-state index contributed by atoms with van der Waals surface area (Å²) in [6.07, 6.45) is 2.95. The van der Waals surface area contributed by atoms with Crippen molar-refractivity contribution in [3.05, 3.63) is 24.3 Å². The zero-order chi connectivity index (χ0) is 13.9. The summed E-state index contributed by atoms with van der Waals surface area (Å²) in [5, 5.41) is 9.16. The van der Waals surface area contributed by atoms with Crippen LogP contribution in [-0.2, 0) is 14.8 Å². The first-order valence-electron chi connectivity index (χ1n) is 6.25. The van der Waals surface area contributed by atoms with Gasteiger partial charge in [0.15, 0.2) is 0 Å². The van der Waals surface area contributed by atoms with Gasteiger partial charge in [0.05, 0.1) is 4.90 Å². The first-order chi connectivity index (χ1) is 8.97. The molecule has 0 unspecified atom stereocenters. The summed E-state index contributed by atoms with van der Waals surface area (Å²) in [6.45, 7) is 1.10. The van der Waals surface area contributed by atoms with Gasteiger partial charge in [0.25, 0.3) is 0 Å². The maximum Gasteiger partial charge on any atom is 0.240 e. The second-order valence-electron chi connectivity index (χ2n) is 5.06. The van der Waals surface area contributed by atoms with Crippen LogP contribution in [-0.4, -0.2) is 33.8 Å². The monoisotopic (exact) mass is 285 g/mol. The van der Waals surface area contributed by atoms with E-state index in [0.29, 0.717) is 13.2 Å². The lowest BCUT2D eigenvalue weighted by atomic mass is 10.0. The summed E-state index contributed by atoms with van der Waals surface area (Å²) in [7, 11) is -1.85. The topological polar surface area (TPSA) is 75.6 Å². The number of sulfonamides is 1. The zero-order valence-electron chi connectivity index (χ0n) is 10.9. The molecule has 19 heavy (non-hydrogen) atoms. The molecular formula is C13H19NO4S. The Hall–Kier alpha value is -1.11. The summed E-state index contributed by atoms with van der Waals surface area (Å²) in [4.78, 5) is 0.174. The second kappa shape index (κ2) is 5.48. The van der Waals surface area contributed by atoms with Gasteiger partial charge in [-0.05, 0) is 48.9 Å². The molecule has 1 aliphatic carbocycles. The van der Waals surface area contributed by atoms with Crippen LogP contribution in [0, 0.1) is 5.41 Å².